The van der Waals surface area contributed by atoms with Crippen LogP contribution >= 0.6 is 0 Å². The first kappa shape index (κ1) is 15.8. The Kier molecular flexibility index (Phi) is 3.85. The number of nitrogens with one attached hydrogen (secondary N) is 1. The van der Waals surface area contributed by atoms with Crippen LogP contribution in [-0.4, -0.2) is 21.5 Å². The second-order valence-corrected chi connectivity index (χ2v) is 5.82. The summed E-state index contributed by atoms with van der Waals surface area (Å²) in [4.78, 5) is 16.5. The zero-order chi connectivity index (χ0) is 18.1. The van der Waals surface area contributed by atoms with E-state index in [1.54, 1.807) is 24.3 Å². The molecule has 4 rings (SSSR count). The van der Waals surface area contributed by atoms with Crippen molar-refractivity contribution in [2.75, 3.05) is 0 Å². The SMILES string of the molecule is Cc1[nH]nc(N=Cc2c(O)c3ccccc3oc2=O)c1-c1ccccc1. The molecule has 2 N–H and O–H groups in total. The van der Waals surface area contributed by atoms with Gasteiger partial charge in [-0.2, -0.15) is 5.10 Å². The fourth-order valence-corrected chi connectivity index (χ4v) is 2.85. The first-order valence-electron chi connectivity index (χ1n) is 8.04. The number of para-hydroxylation sites is 1. The molecule has 26 heavy (non-hydrogen) atoms. The van der Waals surface area contributed by atoms with Crippen molar-refractivity contribution in [2.45, 2.75) is 6.92 Å². The molecule has 2 aromatic heterocycles. The van der Waals surface area contributed by atoms with Gasteiger partial charge in [0.15, 0.2) is 5.82 Å². The number of hydrogen-bond donors (Lipinski definition) is 2. The van der Waals surface area contributed by atoms with Crippen LogP contribution < -0.4 is 5.63 Å². The Bertz CT molecular complexity index is 1170. The first-order valence-corrected chi connectivity index (χ1v) is 8.04. The minimum absolute atomic E-state index is 0.0108. The lowest BCUT2D eigenvalue weighted by Gasteiger charge is -2.03. The van der Waals surface area contributed by atoms with E-state index in [1.165, 1.54) is 6.21 Å². The number of aliphatic imine (C=N–C) groups is 1. The maximum Gasteiger partial charge on any atom is 0.348 e. The van der Waals surface area contributed by atoms with Gasteiger partial charge in [-0.05, 0) is 24.6 Å². The van der Waals surface area contributed by atoms with E-state index in [9.17, 15) is 9.90 Å². The summed E-state index contributed by atoms with van der Waals surface area (Å²) in [7, 11) is 0. The molecule has 6 nitrogen and oxygen atoms in total. The van der Waals surface area contributed by atoms with Crippen LogP contribution in [0.25, 0.3) is 22.1 Å². The lowest BCUT2D eigenvalue weighted by atomic mass is 10.1. The van der Waals surface area contributed by atoms with E-state index in [2.05, 4.69) is 15.2 Å². The van der Waals surface area contributed by atoms with Crippen molar-refractivity contribution in [1.82, 2.24) is 10.2 Å². The van der Waals surface area contributed by atoms with Crippen LogP contribution in [0.3, 0.4) is 0 Å². The molecule has 2 aromatic carbocycles. The Morgan fingerprint density at radius 2 is 1.85 bits per heavy atom. The highest BCUT2D eigenvalue weighted by Gasteiger charge is 2.14. The van der Waals surface area contributed by atoms with Crippen LogP contribution in [0.1, 0.15) is 11.3 Å². The number of aromatic hydroxyl groups is 1. The lowest BCUT2D eigenvalue weighted by Crippen LogP contribution is -2.06. The van der Waals surface area contributed by atoms with Gasteiger partial charge in [0.1, 0.15) is 16.9 Å². The number of H-pyrrole nitrogens is 1. The Hall–Kier alpha value is -3.67. The molecular weight excluding hydrogens is 330 g/mol. The number of rotatable bonds is 3. The summed E-state index contributed by atoms with van der Waals surface area (Å²) in [6.07, 6.45) is 1.29. The van der Waals surface area contributed by atoms with Crippen molar-refractivity contribution >= 4 is 23.0 Å². The topological polar surface area (TPSA) is 91.5 Å². The van der Waals surface area contributed by atoms with Gasteiger partial charge in [0.2, 0.25) is 0 Å². The number of aromatic amines is 1. The summed E-state index contributed by atoms with van der Waals surface area (Å²) in [5.41, 5.74) is 2.32. The second-order valence-electron chi connectivity index (χ2n) is 5.82. The van der Waals surface area contributed by atoms with E-state index in [0.29, 0.717) is 16.8 Å². The molecule has 0 saturated carbocycles. The van der Waals surface area contributed by atoms with Crippen molar-refractivity contribution in [3.05, 3.63) is 76.3 Å². The number of benzene rings is 2. The molecule has 2 heterocycles. The van der Waals surface area contributed by atoms with Crippen LogP contribution in [0.4, 0.5) is 5.82 Å². The summed E-state index contributed by atoms with van der Waals surface area (Å²) in [6.45, 7) is 1.90. The van der Waals surface area contributed by atoms with Crippen LogP contribution in [0.15, 0.2) is 68.8 Å². The van der Waals surface area contributed by atoms with Crippen molar-refractivity contribution in [3.8, 4) is 16.9 Å². The Labute approximate surface area is 148 Å². The van der Waals surface area contributed by atoms with Gasteiger partial charge in [0.25, 0.3) is 0 Å². The minimum atomic E-state index is -0.654. The Morgan fingerprint density at radius 1 is 1.12 bits per heavy atom. The highest BCUT2D eigenvalue weighted by Crippen LogP contribution is 2.31. The molecule has 0 amide bonds. The third-order valence-corrected chi connectivity index (χ3v) is 4.13. The third-order valence-electron chi connectivity index (χ3n) is 4.13. The molecule has 0 aliphatic heterocycles. The highest BCUT2D eigenvalue weighted by atomic mass is 16.4. The third kappa shape index (κ3) is 2.67. The molecule has 0 atom stereocenters. The van der Waals surface area contributed by atoms with Gasteiger partial charge in [-0.3, -0.25) is 5.10 Å². The molecule has 128 valence electrons. The average molecular weight is 345 g/mol. The maximum atomic E-state index is 12.2. The standard InChI is InChI=1S/C20H15N3O3/c1-12-17(13-7-3-2-4-8-13)19(23-22-12)21-11-15-18(24)14-9-5-6-10-16(14)26-20(15)25/h2-11,24H,1H3,(H,22,23). The number of aryl methyl sites for hydroxylation is 1. The minimum Gasteiger partial charge on any atom is -0.506 e. The average Bonchev–Trinajstić information content (AvgIpc) is 3.03. The number of nitrogens with zero attached hydrogens (tertiary/aromatic N) is 2. The van der Waals surface area contributed by atoms with Gasteiger partial charge < -0.3 is 9.52 Å². The van der Waals surface area contributed by atoms with Gasteiger partial charge in [-0.15, -0.1) is 0 Å². The molecule has 0 unspecified atom stereocenters. The molecule has 6 heteroatoms. The fraction of sp³-hybridized carbons (Fsp3) is 0.0500. The quantitative estimate of drug-likeness (QED) is 0.434. The van der Waals surface area contributed by atoms with Crippen molar-refractivity contribution in [2.24, 2.45) is 4.99 Å². The van der Waals surface area contributed by atoms with E-state index in [0.717, 1.165) is 16.8 Å². The Morgan fingerprint density at radius 3 is 2.65 bits per heavy atom. The van der Waals surface area contributed by atoms with Crippen LogP contribution in [0.2, 0.25) is 0 Å². The largest absolute Gasteiger partial charge is 0.506 e. The van der Waals surface area contributed by atoms with E-state index in [-0.39, 0.29) is 11.3 Å². The first-order chi connectivity index (χ1) is 12.6. The zero-order valence-electron chi connectivity index (χ0n) is 13.9. The molecule has 0 spiro atoms. The van der Waals surface area contributed by atoms with Gasteiger partial charge in [-0.1, -0.05) is 42.5 Å². The molecular formula is C20H15N3O3. The fourth-order valence-electron chi connectivity index (χ4n) is 2.85. The monoisotopic (exact) mass is 345 g/mol. The summed E-state index contributed by atoms with van der Waals surface area (Å²) in [6, 6.07) is 16.5. The zero-order valence-corrected chi connectivity index (χ0v) is 13.9. The summed E-state index contributed by atoms with van der Waals surface area (Å²) >= 11 is 0. The van der Waals surface area contributed by atoms with E-state index < -0.39 is 5.63 Å². The summed E-state index contributed by atoms with van der Waals surface area (Å²) in [5, 5.41) is 18.0. The number of fused-ring (bicyclic) bond motifs is 1. The van der Waals surface area contributed by atoms with E-state index in [1.807, 2.05) is 37.3 Å². The van der Waals surface area contributed by atoms with Gasteiger partial charge in [-0.25, -0.2) is 9.79 Å². The van der Waals surface area contributed by atoms with E-state index in [4.69, 9.17) is 4.42 Å². The van der Waals surface area contributed by atoms with Crippen molar-refractivity contribution < 1.29 is 9.52 Å². The van der Waals surface area contributed by atoms with Crippen molar-refractivity contribution in [1.29, 1.82) is 0 Å². The number of aromatic nitrogens is 2. The summed E-state index contributed by atoms with van der Waals surface area (Å²) < 4.78 is 5.25. The molecule has 0 saturated heterocycles. The van der Waals surface area contributed by atoms with Crippen LogP contribution in [-0.2, 0) is 0 Å². The molecule has 0 aliphatic rings. The molecule has 0 fully saturated rings. The van der Waals surface area contributed by atoms with Crippen LogP contribution in [0.5, 0.6) is 5.75 Å². The highest BCUT2D eigenvalue weighted by molar-refractivity contribution is 5.94. The molecule has 4 aromatic rings. The normalized spacial score (nSPS) is 11.4. The molecule has 0 bridgehead atoms. The van der Waals surface area contributed by atoms with Gasteiger partial charge >= 0.3 is 5.63 Å². The molecule has 0 radical (unpaired) electrons. The maximum absolute atomic E-state index is 12.2. The second kappa shape index (κ2) is 6.33. The predicted molar refractivity (Wildman–Crippen MR) is 100 cm³/mol. The van der Waals surface area contributed by atoms with Gasteiger partial charge in [0, 0.05) is 17.5 Å². The predicted octanol–water partition coefficient (Wildman–Crippen LogP) is 3.95. The number of hydrogen-bond acceptors (Lipinski definition) is 5. The smallest absolute Gasteiger partial charge is 0.348 e. The van der Waals surface area contributed by atoms with E-state index >= 15 is 0 Å². The lowest BCUT2D eigenvalue weighted by molar-refractivity contribution is 0.466. The Balaban J connectivity index is 1.81. The van der Waals surface area contributed by atoms with Gasteiger partial charge in [0.05, 0.1) is 5.39 Å². The summed E-state index contributed by atoms with van der Waals surface area (Å²) in [5.74, 6) is 0.273. The van der Waals surface area contributed by atoms with Crippen molar-refractivity contribution in [3.63, 3.8) is 0 Å². The molecule has 0 aliphatic carbocycles. The van der Waals surface area contributed by atoms with Crippen LogP contribution in [0, 0.1) is 6.92 Å².